The molecule has 0 N–H and O–H groups in total. The molecule has 0 aliphatic carbocycles. The number of hydrogen-bond acceptors (Lipinski definition) is 2. The number of pyridine rings is 1. The summed E-state index contributed by atoms with van der Waals surface area (Å²) in [5, 5.41) is 0.667. The van der Waals surface area contributed by atoms with Crippen LogP contribution in [0.3, 0.4) is 0 Å². The highest BCUT2D eigenvalue weighted by molar-refractivity contribution is 6.30. The first-order valence-electron chi connectivity index (χ1n) is 6.71. The van der Waals surface area contributed by atoms with Crippen molar-refractivity contribution in [2.75, 3.05) is 0 Å². The maximum absolute atomic E-state index is 5.94. The second-order valence-electron chi connectivity index (χ2n) is 4.74. The molecule has 0 bridgehead atoms. The molecule has 2 aromatic carbocycles. The SMILES string of the molecule is Clc1cccc(Oc2ccc(Cc3cccnc3)cc2)c1. The van der Waals surface area contributed by atoms with Crippen LogP contribution in [0.4, 0.5) is 0 Å². The molecule has 0 radical (unpaired) electrons. The lowest BCUT2D eigenvalue weighted by molar-refractivity contribution is 0.482. The molecule has 3 heteroatoms. The topological polar surface area (TPSA) is 22.1 Å². The third kappa shape index (κ3) is 3.83. The molecule has 3 rings (SSSR count). The van der Waals surface area contributed by atoms with Crippen LogP contribution < -0.4 is 4.74 Å². The molecule has 0 saturated carbocycles. The molecule has 0 saturated heterocycles. The van der Waals surface area contributed by atoms with Crippen LogP contribution >= 0.6 is 11.6 Å². The van der Waals surface area contributed by atoms with Crippen molar-refractivity contribution in [2.24, 2.45) is 0 Å². The van der Waals surface area contributed by atoms with Crippen molar-refractivity contribution in [1.82, 2.24) is 4.98 Å². The average molecular weight is 296 g/mol. The Kier molecular flexibility index (Phi) is 4.17. The maximum atomic E-state index is 5.94. The predicted octanol–water partition coefficient (Wildman–Crippen LogP) is 5.12. The standard InChI is InChI=1S/C18H14ClNO/c19-16-4-1-5-18(12-16)21-17-8-6-14(7-9-17)11-15-3-2-10-20-13-15/h1-10,12-13H,11H2. The Bertz CT molecular complexity index is 711. The number of rotatable bonds is 4. The van der Waals surface area contributed by atoms with Crippen LogP contribution in [0.5, 0.6) is 11.5 Å². The average Bonchev–Trinajstić information content (AvgIpc) is 2.50. The molecule has 0 fully saturated rings. The largest absolute Gasteiger partial charge is 0.457 e. The summed E-state index contributed by atoms with van der Waals surface area (Å²) in [4.78, 5) is 4.13. The third-order valence-corrected chi connectivity index (χ3v) is 3.32. The zero-order valence-corrected chi connectivity index (χ0v) is 12.1. The van der Waals surface area contributed by atoms with Crippen LogP contribution in [0.25, 0.3) is 0 Å². The van der Waals surface area contributed by atoms with Crippen molar-refractivity contribution in [2.45, 2.75) is 6.42 Å². The van der Waals surface area contributed by atoms with E-state index in [1.54, 1.807) is 12.3 Å². The van der Waals surface area contributed by atoms with Gasteiger partial charge in [0.05, 0.1) is 0 Å². The first-order chi connectivity index (χ1) is 10.3. The van der Waals surface area contributed by atoms with Crippen LogP contribution in [-0.4, -0.2) is 4.98 Å². The highest BCUT2D eigenvalue weighted by Gasteiger charge is 2.00. The molecular weight excluding hydrogens is 282 g/mol. The number of ether oxygens (including phenoxy) is 1. The summed E-state index contributed by atoms with van der Waals surface area (Å²) in [6.07, 6.45) is 4.53. The molecular formula is C18H14ClNO. The molecule has 0 spiro atoms. The maximum Gasteiger partial charge on any atom is 0.128 e. The molecule has 21 heavy (non-hydrogen) atoms. The fourth-order valence-electron chi connectivity index (χ4n) is 2.08. The molecule has 0 aliphatic rings. The molecule has 0 aliphatic heterocycles. The van der Waals surface area contributed by atoms with E-state index in [-0.39, 0.29) is 0 Å². The zero-order valence-electron chi connectivity index (χ0n) is 11.4. The van der Waals surface area contributed by atoms with Crippen molar-refractivity contribution >= 4 is 11.6 Å². The van der Waals surface area contributed by atoms with Crippen molar-refractivity contribution in [3.05, 3.63) is 89.2 Å². The van der Waals surface area contributed by atoms with Gasteiger partial charge in [0.25, 0.3) is 0 Å². The Morgan fingerprint density at radius 1 is 0.857 bits per heavy atom. The normalized spacial score (nSPS) is 10.3. The summed E-state index contributed by atoms with van der Waals surface area (Å²) in [5.41, 5.74) is 2.42. The molecule has 0 atom stereocenters. The summed E-state index contributed by atoms with van der Waals surface area (Å²) in [6, 6.07) is 19.5. The van der Waals surface area contributed by atoms with Gasteiger partial charge in [0, 0.05) is 17.4 Å². The van der Waals surface area contributed by atoms with Gasteiger partial charge in [-0.15, -0.1) is 0 Å². The van der Waals surface area contributed by atoms with Gasteiger partial charge in [-0.25, -0.2) is 0 Å². The Balaban J connectivity index is 1.69. The quantitative estimate of drug-likeness (QED) is 0.666. The Labute approximate surface area is 129 Å². The second kappa shape index (κ2) is 6.42. The fraction of sp³-hybridized carbons (Fsp3) is 0.0556. The summed E-state index contributed by atoms with van der Waals surface area (Å²) in [6.45, 7) is 0. The van der Waals surface area contributed by atoms with Gasteiger partial charge in [-0.3, -0.25) is 4.98 Å². The number of hydrogen-bond donors (Lipinski definition) is 0. The predicted molar refractivity (Wildman–Crippen MR) is 85.0 cm³/mol. The highest BCUT2D eigenvalue weighted by Crippen LogP contribution is 2.24. The summed E-state index contributed by atoms with van der Waals surface area (Å²) in [7, 11) is 0. The van der Waals surface area contributed by atoms with E-state index in [0.717, 1.165) is 17.9 Å². The zero-order chi connectivity index (χ0) is 14.5. The lowest BCUT2D eigenvalue weighted by atomic mass is 10.1. The van der Waals surface area contributed by atoms with Crippen molar-refractivity contribution in [1.29, 1.82) is 0 Å². The van der Waals surface area contributed by atoms with E-state index >= 15 is 0 Å². The van der Waals surface area contributed by atoms with Crippen molar-refractivity contribution in [3.63, 3.8) is 0 Å². The lowest BCUT2D eigenvalue weighted by Gasteiger charge is -2.07. The minimum absolute atomic E-state index is 0.667. The van der Waals surface area contributed by atoms with E-state index in [9.17, 15) is 0 Å². The summed E-state index contributed by atoms with van der Waals surface area (Å²) >= 11 is 5.94. The monoisotopic (exact) mass is 295 g/mol. The molecule has 1 heterocycles. The lowest BCUT2D eigenvalue weighted by Crippen LogP contribution is -1.89. The Hall–Kier alpha value is -2.32. The first-order valence-corrected chi connectivity index (χ1v) is 7.09. The fourth-order valence-corrected chi connectivity index (χ4v) is 2.26. The van der Waals surface area contributed by atoms with Crippen LogP contribution in [-0.2, 0) is 6.42 Å². The first kappa shape index (κ1) is 13.7. The molecule has 1 aromatic heterocycles. The molecule has 0 unspecified atom stereocenters. The summed E-state index contributed by atoms with van der Waals surface area (Å²) < 4.78 is 5.77. The Morgan fingerprint density at radius 2 is 1.71 bits per heavy atom. The number of benzene rings is 2. The molecule has 104 valence electrons. The van der Waals surface area contributed by atoms with Gasteiger partial charge < -0.3 is 4.74 Å². The van der Waals surface area contributed by atoms with Gasteiger partial charge in [0.15, 0.2) is 0 Å². The van der Waals surface area contributed by atoms with Crippen molar-refractivity contribution < 1.29 is 4.74 Å². The van der Waals surface area contributed by atoms with Crippen LogP contribution in [0.15, 0.2) is 73.1 Å². The van der Waals surface area contributed by atoms with E-state index in [2.05, 4.69) is 23.2 Å². The minimum Gasteiger partial charge on any atom is -0.457 e. The van der Waals surface area contributed by atoms with E-state index in [1.807, 2.05) is 42.6 Å². The smallest absolute Gasteiger partial charge is 0.128 e. The Morgan fingerprint density at radius 3 is 2.43 bits per heavy atom. The van der Waals surface area contributed by atoms with Crippen LogP contribution in [0, 0.1) is 0 Å². The third-order valence-electron chi connectivity index (χ3n) is 3.09. The van der Waals surface area contributed by atoms with Gasteiger partial charge in [0.2, 0.25) is 0 Å². The highest BCUT2D eigenvalue weighted by atomic mass is 35.5. The van der Waals surface area contributed by atoms with Gasteiger partial charge in [-0.2, -0.15) is 0 Å². The molecule has 2 nitrogen and oxygen atoms in total. The number of nitrogens with zero attached hydrogens (tertiary/aromatic N) is 1. The number of aromatic nitrogens is 1. The number of halogens is 1. The van der Waals surface area contributed by atoms with E-state index in [0.29, 0.717) is 5.02 Å². The second-order valence-corrected chi connectivity index (χ2v) is 5.18. The van der Waals surface area contributed by atoms with E-state index in [1.165, 1.54) is 11.1 Å². The van der Waals surface area contributed by atoms with Crippen molar-refractivity contribution in [3.8, 4) is 11.5 Å². The van der Waals surface area contributed by atoms with Gasteiger partial charge >= 0.3 is 0 Å². The van der Waals surface area contributed by atoms with E-state index in [4.69, 9.17) is 16.3 Å². The molecule has 0 amide bonds. The van der Waals surface area contributed by atoms with Crippen LogP contribution in [0.1, 0.15) is 11.1 Å². The van der Waals surface area contributed by atoms with Gasteiger partial charge in [0.1, 0.15) is 11.5 Å². The molecule has 3 aromatic rings. The van der Waals surface area contributed by atoms with E-state index < -0.39 is 0 Å². The minimum atomic E-state index is 0.667. The van der Waals surface area contributed by atoms with Gasteiger partial charge in [-0.1, -0.05) is 35.9 Å². The van der Waals surface area contributed by atoms with Crippen LogP contribution in [0.2, 0.25) is 5.02 Å². The van der Waals surface area contributed by atoms with Gasteiger partial charge in [-0.05, 0) is 53.9 Å². The summed E-state index contributed by atoms with van der Waals surface area (Å²) in [5.74, 6) is 1.54.